The van der Waals surface area contributed by atoms with Gasteiger partial charge in [-0.15, -0.1) is 0 Å². The summed E-state index contributed by atoms with van der Waals surface area (Å²) in [5.41, 5.74) is 2.59. The Morgan fingerprint density at radius 1 is 1.29 bits per heavy atom. The number of rotatable bonds is 3. The van der Waals surface area contributed by atoms with Gasteiger partial charge >= 0.3 is 0 Å². The maximum absolute atomic E-state index is 14.9. The third-order valence-corrected chi connectivity index (χ3v) is 4.99. The van der Waals surface area contributed by atoms with Crippen molar-refractivity contribution < 1.29 is 9.18 Å². The van der Waals surface area contributed by atoms with Crippen LogP contribution in [-0.4, -0.2) is 26.0 Å². The third-order valence-electron chi connectivity index (χ3n) is 4.99. The molecule has 0 unspecified atom stereocenters. The number of carbonyl (C=O) groups excluding carboxylic acids is 1. The van der Waals surface area contributed by atoms with Crippen molar-refractivity contribution in [1.82, 2.24) is 5.32 Å². The van der Waals surface area contributed by atoms with E-state index < -0.39 is 0 Å². The van der Waals surface area contributed by atoms with Crippen LogP contribution in [0.3, 0.4) is 0 Å². The molecule has 4 heteroatoms. The van der Waals surface area contributed by atoms with Crippen LogP contribution >= 0.6 is 0 Å². The summed E-state index contributed by atoms with van der Waals surface area (Å²) >= 11 is 0. The highest BCUT2D eigenvalue weighted by Crippen LogP contribution is 2.45. The number of benzene rings is 1. The molecule has 0 spiro atoms. The average Bonchev–Trinajstić information content (AvgIpc) is 2.94. The Hall–Kier alpha value is -1.58. The Morgan fingerprint density at radius 3 is 2.57 bits per heavy atom. The quantitative estimate of drug-likeness (QED) is 0.928. The van der Waals surface area contributed by atoms with Crippen LogP contribution in [0.25, 0.3) is 0 Å². The van der Waals surface area contributed by atoms with Crippen LogP contribution in [0.1, 0.15) is 42.7 Å². The fourth-order valence-electron chi connectivity index (χ4n) is 3.65. The lowest BCUT2D eigenvalue weighted by Gasteiger charge is -2.36. The number of hydrogen-bond donors (Lipinski definition) is 1. The van der Waals surface area contributed by atoms with Gasteiger partial charge in [-0.1, -0.05) is 6.07 Å². The van der Waals surface area contributed by atoms with E-state index in [2.05, 4.69) is 10.2 Å². The number of amides is 1. The van der Waals surface area contributed by atoms with Crippen molar-refractivity contribution in [2.24, 2.45) is 5.92 Å². The van der Waals surface area contributed by atoms with E-state index >= 15 is 0 Å². The normalized spacial score (nSPS) is 24.8. The molecule has 2 fully saturated rings. The van der Waals surface area contributed by atoms with Gasteiger partial charge in [0.25, 0.3) is 0 Å². The highest BCUT2D eigenvalue weighted by atomic mass is 19.1. The first-order valence-electron chi connectivity index (χ1n) is 7.87. The fourth-order valence-corrected chi connectivity index (χ4v) is 3.65. The molecule has 1 saturated carbocycles. The third kappa shape index (κ3) is 2.52. The van der Waals surface area contributed by atoms with E-state index in [-0.39, 0.29) is 23.6 Å². The molecule has 0 radical (unpaired) electrons. The predicted molar refractivity (Wildman–Crippen MR) is 82.1 cm³/mol. The van der Waals surface area contributed by atoms with Crippen molar-refractivity contribution >= 4 is 11.6 Å². The molecule has 114 valence electrons. The maximum Gasteiger partial charge on any atom is 0.222 e. The Kier molecular flexibility index (Phi) is 3.87. The van der Waals surface area contributed by atoms with E-state index in [1.165, 1.54) is 0 Å². The van der Waals surface area contributed by atoms with Crippen molar-refractivity contribution in [3.8, 4) is 0 Å². The number of nitrogens with zero attached hydrogens (tertiary/aromatic N) is 1. The van der Waals surface area contributed by atoms with Crippen molar-refractivity contribution in [1.29, 1.82) is 0 Å². The first-order chi connectivity index (χ1) is 10.1. The number of nitrogens with one attached hydrogen (secondary N) is 1. The molecular formula is C17H23FN2O. The second-order valence-electron chi connectivity index (χ2n) is 6.30. The summed E-state index contributed by atoms with van der Waals surface area (Å²) in [6.07, 6.45) is 3.82. The monoisotopic (exact) mass is 290 g/mol. The highest BCUT2D eigenvalue weighted by Gasteiger charge is 2.37. The molecule has 1 amide bonds. The molecule has 1 N–H and O–H groups in total. The van der Waals surface area contributed by atoms with Gasteiger partial charge in [0.2, 0.25) is 5.91 Å². The second kappa shape index (κ2) is 5.66. The molecule has 1 aliphatic heterocycles. The van der Waals surface area contributed by atoms with Crippen molar-refractivity contribution in [2.45, 2.75) is 38.5 Å². The topological polar surface area (TPSA) is 32.3 Å². The predicted octanol–water partition coefficient (Wildman–Crippen LogP) is 2.97. The van der Waals surface area contributed by atoms with Crippen molar-refractivity contribution in [2.75, 3.05) is 25.0 Å². The van der Waals surface area contributed by atoms with Gasteiger partial charge < -0.3 is 10.2 Å². The van der Waals surface area contributed by atoms with E-state index in [0.717, 1.165) is 55.6 Å². The summed E-state index contributed by atoms with van der Waals surface area (Å²) in [5.74, 6) is 0.265. The van der Waals surface area contributed by atoms with Crippen LogP contribution in [-0.2, 0) is 4.79 Å². The molecule has 1 aliphatic carbocycles. The number of carbonyl (C=O) groups is 1. The minimum atomic E-state index is -0.0581. The number of hydrogen-bond acceptors (Lipinski definition) is 2. The molecule has 1 aromatic carbocycles. The lowest BCUT2D eigenvalue weighted by atomic mass is 9.69. The lowest BCUT2D eigenvalue weighted by Crippen LogP contribution is -2.36. The van der Waals surface area contributed by atoms with E-state index in [1.807, 2.05) is 19.1 Å². The SMILES string of the molecule is CNC(=O)C1CC(c2c(C)ccc(N3CCCC3)c2F)C1. The zero-order valence-corrected chi connectivity index (χ0v) is 12.8. The lowest BCUT2D eigenvalue weighted by molar-refractivity contribution is -0.127. The van der Waals surface area contributed by atoms with Gasteiger partial charge in [-0.2, -0.15) is 0 Å². The van der Waals surface area contributed by atoms with Gasteiger partial charge in [-0.25, -0.2) is 4.39 Å². The zero-order chi connectivity index (χ0) is 15.0. The molecule has 1 saturated heterocycles. The summed E-state index contributed by atoms with van der Waals surface area (Å²) in [7, 11) is 1.66. The van der Waals surface area contributed by atoms with Gasteiger partial charge in [0.05, 0.1) is 5.69 Å². The minimum Gasteiger partial charge on any atom is -0.369 e. The summed E-state index contributed by atoms with van der Waals surface area (Å²) in [6.45, 7) is 3.87. The standard InChI is InChI=1S/C17H23FN2O/c1-11-5-6-14(20-7-3-4-8-20)16(18)15(11)12-9-13(10-12)17(21)19-2/h5-6,12-13H,3-4,7-10H2,1-2H3,(H,19,21). The van der Waals surface area contributed by atoms with Crippen LogP contribution in [0.2, 0.25) is 0 Å². The second-order valence-corrected chi connectivity index (χ2v) is 6.30. The first kappa shape index (κ1) is 14.4. The highest BCUT2D eigenvalue weighted by molar-refractivity contribution is 5.79. The largest absolute Gasteiger partial charge is 0.369 e. The Bertz CT molecular complexity index is 546. The number of anilines is 1. The van der Waals surface area contributed by atoms with E-state index in [9.17, 15) is 9.18 Å². The molecular weight excluding hydrogens is 267 g/mol. The smallest absolute Gasteiger partial charge is 0.222 e. The molecule has 3 rings (SSSR count). The van der Waals surface area contributed by atoms with Gasteiger partial charge in [0, 0.05) is 26.1 Å². The van der Waals surface area contributed by atoms with E-state index in [1.54, 1.807) is 7.05 Å². The molecule has 0 bridgehead atoms. The van der Waals surface area contributed by atoms with Crippen LogP contribution in [0.5, 0.6) is 0 Å². The van der Waals surface area contributed by atoms with Gasteiger partial charge in [-0.05, 0) is 55.7 Å². The Balaban J connectivity index is 1.82. The fraction of sp³-hybridized carbons (Fsp3) is 0.588. The van der Waals surface area contributed by atoms with E-state index in [0.29, 0.717) is 0 Å². The summed E-state index contributed by atoms with van der Waals surface area (Å²) in [4.78, 5) is 13.7. The van der Waals surface area contributed by atoms with Crippen LogP contribution in [0.15, 0.2) is 12.1 Å². The van der Waals surface area contributed by atoms with Crippen LogP contribution in [0.4, 0.5) is 10.1 Å². The van der Waals surface area contributed by atoms with E-state index in [4.69, 9.17) is 0 Å². The summed E-state index contributed by atoms with van der Waals surface area (Å²) in [5, 5.41) is 2.68. The van der Waals surface area contributed by atoms with Crippen molar-refractivity contribution in [3.63, 3.8) is 0 Å². The van der Waals surface area contributed by atoms with Crippen LogP contribution in [0, 0.1) is 18.7 Å². The molecule has 2 aliphatic rings. The molecule has 0 atom stereocenters. The first-order valence-corrected chi connectivity index (χ1v) is 7.87. The number of halogens is 1. The number of aryl methyl sites for hydroxylation is 1. The molecule has 1 aromatic rings. The average molecular weight is 290 g/mol. The molecule has 0 aromatic heterocycles. The Morgan fingerprint density at radius 2 is 1.95 bits per heavy atom. The summed E-state index contributed by atoms with van der Waals surface area (Å²) < 4.78 is 14.9. The maximum atomic E-state index is 14.9. The molecule has 3 nitrogen and oxygen atoms in total. The zero-order valence-electron chi connectivity index (χ0n) is 12.8. The van der Waals surface area contributed by atoms with Gasteiger partial charge in [0.15, 0.2) is 0 Å². The van der Waals surface area contributed by atoms with Gasteiger partial charge in [0.1, 0.15) is 5.82 Å². The molecule has 21 heavy (non-hydrogen) atoms. The van der Waals surface area contributed by atoms with Gasteiger partial charge in [-0.3, -0.25) is 4.79 Å². The molecule has 1 heterocycles. The minimum absolute atomic E-state index is 0.0502. The Labute approximate surface area is 125 Å². The van der Waals surface area contributed by atoms with Crippen LogP contribution < -0.4 is 10.2 Å². The van der Waals surface area contributed by atoms with Crippen molar-refractivity contribution in [3.05, 3.63) is 29.1 Å². The summed E-state index contributed by atoms with van der Waals surface area (Å²) in [6, 6.07) is 3.94.